The summed E-state index contributed by atoms with van der Waals surface area (Å²) < 4.78 is 4.07. The normalized spacial score (nSPS) is 15.2. The Labute approximate surface area is 171 Å². The Morgan fingerprint density at radius 3 is 2.59 bits per heavy atom. The Bertz CT molecular complexity index is 1010. The van der Waals surface area contributed by atoms with E-state index in [1.165, 1.54) is 0 Å². The molecule has 0 unspecified atom stereocenters. The van der Waals surface area contributed by atoms with Crippen molar-refractivity contribution in [2.24, 2.45) is 7.05 Å². The molecule has 0 aliphatic carbocycles. The summed E-state index contributed by atoms with van der Waals surface area (Å²) in [6.45, 7) is 6.14. The average molecular weight is 396 g/mol. The molecule has 0 aromatic carbocycles. The molecule has 4 heterocycles. The molecule has 3 aromatic rings. The molecule has 1 fully saturated rings. The largest absolute Gasteiger partial charge is 0.352 e. The minimum absolute atomic E-state index is 0.0875. The molecule has 8 heteroatoms. The van der Waals surface area contributed by atoms with Crippen molar-refractivity contribution >= 4 is 17.4 Å². The number of aryl methyl sites for hydroxylation is 2. The Morgan fingerprint density at radius 1 is 1.17 bits per heavy atom. The van der Waals surface area contributed by atoms with Gasteiger partial charge in [-0.1, -0.05) is 6.92 Å². The third-order valence-electron chi connectivity index (χ3n) is 5.70. The van der Waals surface area contributed by atoms with Gasteiger partial charge in [0.25, 0.3) is 5.91 Å². The SMILES string of the molecule is CCc1nc2ccc(C(=O)N3CCN(C)CC3)cn2c1N(C)Cc1nccn1C. The van der Waals surface area contributed by atoms with Gasteiger partial charge in [0.2, 0.25) is 0 Å². The predicted molar refractivity (Wildman–Crippen MR) is 113 cm³/mol. The van der Waals surface area contributed by atoms with Gasteiger partial charge < -0.3 is 19.3 Å². The quantitative estimate of drug-likeness (QED) is 0.657. The van der Waals surface area contributed by atoms with Crippen molar-refractivity contribution in [2.45, 2.75) is 19.9 Å². The van der Waals surface area contributed by atoms with E-state index >= 15 is 0 Å². The molecule has 0 atom stereocenters. The van der Waals surface area contributed by atoms with Crippen LogP contribution in [0.25, 0.3) is 5.65 Å². The highest BCUT2D eigenvalue weighted by atomic mass is 16.2. The average Bonchev–Trinajstić information content (AvgIpc) is 3.30. The fraction of sp³-hybridized carbons (Fsp3) is 0.476. The molecule has 154 valence electrons. The highest BCUT2D eigenvalue weighted by Crippen LogP contribution is 2.24. The molecule has 29 heavy (non-hydrogen) atoms. The molecule has 0 spiro atoms. The van der Waals surface area contributed by atoms with E-state index in [9.17, 15) is 4.79 Å². The lowest BCUT2D eigenvalue weighted by Gasteiger charge is -2.32. The zero-order valence-electron chi connectivity index (χ0n) is 17.7. The minimum atomic E-state index is 0.0875. The molecule has 0 N–H and O–H groups in total. The number of nitrogens with zero attached hydrogens (tertiary/aromatic N) is 7. The van der Waals surface area contributed by atoms with Crippen molar-refractivity contribution < 1.29 is 4.79 Å². The zero-order valence-corrected chi connectivity index (χ0v) is 17.7. The van der Waals surface area contributed by atoms with Crippen LogP contribution in [0.2, 0.25) is 0 Å². The molecular weight excluding hydrogens is 366 g/mol. The van der Waals surface area contributed by atoms with Crippen LogP contribution in [0.15, 0.2) is 30.7 Å². The summed E-state index contributed by atoms with van der Waals surface area (Å²) in [7, 11) is 6.14. The Balaban J connectivity index is 1.67. The number of carbonyl (C=O) groups is 1. The molecule has 4 rings (SSSR count). The predicted octanol–water partition coefficient (Wildman–Crippen LogP) is 1.65. The van der Waals surface area contributed by atoms with Crippen LogP contribution < -0.4 is 4.90 Å². The number of fused-ring (bicyclic) bond motifs is 1. The van der Waals surface area contributed by atoms with E-state index in [2.05, 4.69) is 28.8 Å². The third kappa shape index (κ3) is 3.72. The first-order chi connectivity index (χ1) is 14.0. The number of hydrogen-bond donors (Lipinski definition) is 0. The van der Waals surface area contributed by atoms with Crippen LogP contribution in [0, 0.1) is 0 Å². The number of likely N-dealkylation sites (N-methyl/N-ethyl adjacent to an activating group) is 1. The summed E-state index contributed by atoms with van der Waals surface area (Å²) in [5.74, 6) is 2.08. The van der Waals surface area contributed by atoms with Crippen LogP contribution in [0.3, 0.4) is 0 Å². The van der Waals surface area contributed by atoms with E-state index in [0.29, 0.717) is 12.1 Å². The standard InChI is InChI=1S/C21H29N7O/c1-5-17-20(26(4)15-19-22-8-9-25(19)3)28-14-16(6-7-18(28)23-17)21(29)27-12-10-24(2)11-13-27/h6-9,14H,5,10-13,15H2,1-4H3. The number of aromatic nitrogens is 4. The molecule has 1 aliphatic rings. The maximum atomic E-state index is 13.1. The van der Waals surface area contributed by atoms with Crippen molar-refractivity contribution in [1.82, 2.24) is 28.7 Å². The number of carbonyl (C=O) groups excluding carboxylic acids is 1. The fourth-order valence-electron chi connectivity index (χ4n) is 3.88. The van der Waals surface area contributed by atoms with Crippen LogP contribution in [0.5, 0.6) is 0 Å². The maximum Gasteiger partial charge on any atom is 0.255 e. The van der Waals surface area contributed by atoms with E-state index in [0.717, 1.165) is 55.6 Å². The number of amides is 1. The van der Waals surface area contributed by atoms with Gasteiger partial charge in [-0.15, -0.1) is 0 Å². The second-order valence-corrected chi connectivity index (χ2v) is 7.79. The number of anilines is 1. The van der Waals surface area contributed by atoms with Crippen LogP contribution >= 0.6 is 0 Å². The van der Waals surface area contributed by atoms with E-state index in [1.807, 2.05) is 58.7 Å². The molecule has 1 aliphatic heterocycles. The highest BCUT2D eigenvalue weighted by Gasteiger charge is 2.22. The first kappa shape index (κ1) is 19.4. The summed E-state index contributed by atoms with van der Waals surface area (Å²) >= 11 is 0. The van der Waals surface area contributed by atoms with Gasteiger partial charge in [0.1, 0.15) is 17.3 Å². The van der Waals surface area contributed by atoms with Gasteiger partial charge in [-0.2, -0.15) is 0 Å². The summed E-state index contributed by atoms with van der Waals surface area (Å²) in [4.78, 5) is 28.6. The van der Waals surface area contributed by atoms with Gasteiger partial charge in [0.05, 0.1) is 17.8 Å². The molecule has 1 amide bonds. The second-order valence-electron chi connectivity index (χ2n) is 7.79. The topological polar surface area (TPSA) is 61.9 Å². The summed E-state index contributed by atoms with van der Waals surface area (Å²) in [6.07, 6.45) is 6.52. The number of imidazole rings is 2. The van der Waals surface area contributed by atoms with E-state index < -0.39 is 0 Å². The Morgan fingerprint density at radius 2 is 1.93 bits per heavy atom. The molecular formula is C21H29N7O. The lowest BCUT2D eigenvalue weighted by atomic mass is 10.2. The van der Waals surface area contributed by atoms with Gasteiger partial charge in [0, 0.05) is 58.9 Å². The summed E-state index contributed by atoms with van der Waals surface area (Å²) in [6, 6.07) is 3.84. The summed E-state index contributed by atoms with van der Waals surface area (Å²) in [5, 5.41) is 0. The molecule has 8 nitrogen and oxygen atoms in total. The first-order valence-electron chi connectivity index (χ1n) is 10.1. The molecule has 0 radical (unpaired) electrons. The monoisotopic (exact) mass is 395 g/mol. The minimum Gasteiger partial charge on any atom is -0.352 e. The Kier molecular flexibility index (Phi) is 5.27. The van der Waals surface area contributed by atoms with Gasteiger partial charge in [-0.3, -0.25) is 9.20 Å². The molecule has 0 saturated carbocycles. The van der Waals surface area contributed by atoms with Gasteiger partial charge in [0.15, 0.2) is 0 Å². The van der Waals surface area contributed by atoms with Gasteiger partial charge in [-0.05, 0) is 25.6 Å². The summed E-state index contributed by atoms with van der Waals surface area (Å²) in [5.41, 5.74) is 2.58. The van der Waals surface area contributed by atoms with Crippen LogP contribution in [0.1, 0.15) is 28.8 Å². The maximum absolute atomic E-state index is 13.1. The van der Waals surface area contributed by atoms with Crippen molar-refractivity contribution in [3.05, 3.63) is 47.8 Å². The number of hydrogen-bond acceptors (Lipinski definition) is 5. The Hall–Kier alpha value is -2.87. The number of pyridine rings is 1. The van der Waals surface area contributed by atoms with Crippen molar-refractivity contribution in [1.29, 1.82) is 0 Å². The molecule has 3 aromatic heterocycles. The van der Waals surface area contributed by atoms with Crippen LogP contribution in [-0.4, -0.2) is 74.9 Å². The van der Waals surface area contributed by atoms with E-state index in [1.54, 1.807) is 0 Å². The van der Waals surface area contributed by atoms with Crippen molar-refractivity contribution in [3.8, 4) is 0 Å². The van der Waals surface area contributed by atoms with Crippen LogP contribution in [-0.2, 0) is 20.0 Å². The van der Waals surface area contributed by atoms with Gasteiger partial charge >= 0.3 is 0 Å². The number of piperazine rings is 1. The lowest BCUT2D eigenvalue weighted by molar-refractivity contribution is 0.0663. The van der Waals surface area contributed by atoms with Crippen LogP contribution in [0.4, 0.5) is 5.82 Å². The lowest BCUT2D eigenvalue weighted by Crippen LogP contribution is -2.47. The van der Waals surface area contributed by atoms with E-state index in [-0.39, 0.29) is 5.91 Å². The molecule has 1 saturated heterocycles. The first-order valence-corrected chi connectivity index (χ1v) is 10.1. The van der Waals surface area contributed by atoms with Crippen molar-refractivity contribution in [2.75, 3.05) is 45.2 Å². The number of rotatable bonds is 5. The third-order valence-corrected chi connectivity index (χ3v) is 5.70. The van der Waals surface area contributed by atoms with E-state index in [4.69, 9.17) is 4.98 Å². The second kappa shape index (κ2) is 7.87. The highest BCUT2D eigenvalue weighted by molar-refractivity contribution is 5.94. The fourth-order valence-corrected chi connectivity index (χ4v) is 3.88. The smallest absolute Gasteiger partial charge is 0.255 e. The van der Waals surface area contributed by atoms with Crippen molar-refractivity contribution in [3.63, 3.8) is 0 Å². The van der Waals surface area contributed by atoms with Gasteiger partial charge in [-0.25, -0.2) is 9.97 Å². The molecule has 0 bridgehead atoms. The zero-order chi connectivity index (χ0) is 20.5.